The fourth-order valence-corrected chi connectivity index (χ4v) is 5.86. The van der Waals surface area contributed by atoms with Crippen LogP contribution in [0.2, 0.25) is 0 Å². The van der Waals surface area contributed by atoms with Gasteiger partial charge in [-0.3, -0.25) is 9.59 Å². The monoisotopic (exact) mass is 789 g/mol. The summed E-state index contributed by atoms with van der Waals surface area (Å²) in [5.41, 5.74) is 0. The second-order valence-electron chi connectivity index (χ2n) is 14.7. The standard InChI is InChI=1S/C52H84O5/c1-3-5-7-9-11-13-15-16-17-18-19-20-21-22-23-24-25-26-27-28-29-30-31-32-33-34-35-36-37-39-41-43-45-47-52(55)57-50(48-53)49-56-51(54)46-44-42-40-38-14-12-10-8-6-4-2/h5,7-8,10-11,13,16-17,19-20,22-23,25-26,28-29,31-32,50,53H,3-4,6,9,12,14-15,18,21,24,27,30,33-49H2,1-2H3/b7-5-,10-8-,13-11-,17-16-,20-19-,23-22-,26-25-,29-28-,32-31-. The molecule has 0 aromatic carbocycles. The van der Waals surface area contributed by atoms with Crippen LogP contribution in [0.5, 0.6) is 0 Å². The van der Waals surface area contributed by atoms with Crippen LogP contribution >= 0.6 is 0 Å². The van der Waals surface area contributed by atoms with Gasteiger partial charge in [0.1, 0.15) is 6.61 Å². The van der Waals surface area contributed by atoms with E-state index in [0.29, 0.717) is 12.8 Å². The van der Waals surface area contributed by atoms with E-state index in [0.717, 1.165) is 109 Å². The molecule has 5 heteroatoms. The molecule has 0 aromatic rings. The van der Waals surface area contributed by atoms with Crippen molar-refractivity contribution in [2.45, 2.75) is 193 Å². The number of carbonyl (C=O) groups excluding carboxylic acids is 2. The van der Waals surface area contributed by atoms with E-state index in [9.17, 15) is 14.7 Å². The zero-order valence-electron chi connectivity index (χ0n) is 36.6. The number of aliphatic hydroxyl groups is 1. The largest absolute Gasteiger partial charge is 0.462 e. The van der Waals surface area contributed by atoms with Crippen molar-refractivity contribution in [2.24, 2.45) is 0 Å². The molecule has 0 radical (unpaired) electrons. The molecule has 0 saturated carbocycles. The van der Waals surface area contributed by atoms with E-state index < -0.39 is 6.10 Å². The molecule has 0 saturated heterocycles. The van der Waals surface area contributed by atoms with Gasteiger partial charge in [0.15, 0.2) is 6.10 Å². The zero-order valence-corrected chi connectivity index (χ0v) is 36.6. The van der Waals surface area contributed by atoms with Crippen molar-refractivity contribution in [1.82, 2.24) is 0 Å². The van der Waals surface area contributed by atoms with Crippen molar-refractivity contribution in [2.75, 3.05) is 13.2 Å². The molecule has 1 atom stereocenters. The summed E-state index contributed by atoms with van der Waals surface area (Å²) in [7, 11) is 0. The Hall–Kier alpha value is -3.44. The molecule has 0 aliphatic rings. The molecule has 1 unspecified atom stereocenters. The smallest absolute Gasteiger partial charge is 0.306 e. The number of hydrogen-bond acceptors (Lipinski definition) is 5. The molecule has 0 aromatic heterocycles. The van der Waals surface area contributed by atoms with Crippen molar-refractivity contribution in [3.63, 3.8) is 0 Å². The maximum atomic E-state index is 12.2. The minimum Gasteiger partial charge on any atom is -0.462 e. The Morgan fingerprint density at radius 3 is 1.16 bits per heavy atom. The molecule has 5 nitrogen and oxygen atoms in total. The van der Waals surface area contributed by atoms with Crippen LogP contribution in [0.25, 0.3) is 0 Å². The van der Waals surface area contributed by atoms with Gasteiger partial charge >= 0.3 is 11.9 Å². The molecular weight excluding hydrogens is 705 g/mol. The lowest BCUT2D eigenvalue weighted by molar-refractivity contribution is -0.161. The normalized spacial score (nSPS) is 13.2. The lowest BCUT2D eigenvalue weighted by atomic mass is 10.1. The number of rotatable bonds is 40. The van der Waals surface area contributed by atoms with Crippen LogP contribution < -0.4 is 0 Å². The van der Waals surface area contributed by atoms with Gasteiger partial charge in [0.2, 0.25) is 0 Å². The Balaban J connectivity index is 3.61. The van der Waals surface area contributed by atoms with E-state index in [1.807, 2.05) is 0 Å². The van der Waals surface area contributed by atoms with E-state index in [2.05, 4.69) is 123 Å². The third-order valence-electron chi connectivity index (χ3n) is 9.28. The minimum atomic E-state index is -0.785. The topological polar surface area (TPSA) is 72.8 Å². The van der Waals surface area contributed by atoms with Crippen molar-refractivity contribution in [3.8, 4) is 0 Å². The number of carbonyl (C=O) groups is 2. The average molecular weight is 789 g/mol. The fraction of sp³-hybridized carbons (Fsp3) is 0.615. The quantitative estimate of drug-likeness (QED) is 0.0380. The third kappa shape index (κ3) is 45.1. The second kappa shape index (κ2) is 46.9. The summed E-state index contributed by atoms with van der Waals surface area (Å²) in [5.74, 6) is -0.622. The average Bonchev–Trinajstić information content (AvgIpc) is 3.21. The predicted octanol–water partition coefficient (Wildman–Crippen LogP) is 15.0. The van der Waals surface area contributed by atoms with E-state index in [1.54, 1.807) is 0 Å². The molecule has 0 aliphatic carbocycles. The summed E-state index contributed by atoms with van der Waals surface area (Å²) in [6.45, 7) is 3.93. The number of ether oxygens (including phenoxy) is 2. The van der Waals surface area contributed by atoms with Crippen LogP contribution in [0.1, 0.15) is 187 Å². The van der Waals surface area contributed by atoms with Gasteiger partial charge in [-0.2, -0.15) is 0 Å². The predicted molar refractivity (Wildman–Crippen MR) is 246 cm³/mol. The Kier molecular flexibility index (Phi) is 44.1. The maximum absolute atomic E-state index is 12.2. The summed E-state index contributed by atoms with van der Waals surface area (Å²) in [4.78, 5) is 24.2. The van der Waals surface area contributed by atoms with Crippen molar-refractivity contribution >= 4 is 11.9 Å². The molecule has 0 aliphatic heterocycles. The van der Waals surface area contributed by atoms with Crippen molar-refractivity contribution in [3.05, 3.63) is 109 Å². The molecule has 0 amide bonds. The SMILES string of the molecule is CC/C=C\C/C=C\C/C=C\C/C=C\C/C=C\C/C=C\C/C=C\C/C=C\CCCCCCCCCCC(=O)OC(CO)COC(=O)CCCCCCC/C=C\CCC. The van der Waals surface area contributed by atoms with Crippen LogP contribution in [-0.2, 0) is 19.1 Å². The van der Waals surface area contributed by atoms with Crippen LogP contribution in [0.3, 0.4) is 0 Å². The highest BCUT2D eigenvalue weighted by Crippen LogP contribution is 2.13. The number of esters is 2. The second-order valence-corrected chi connectivity index (χ2v) is 14.7. The van der Waals surface area contributed by atoms with Crippen LogP contribution in [-0.4, -0.2) is 36.4 Å². The summed E-state index contributed by atoms with van der Waals surface area (Å²) >= 11 is 0. The summed E-state index contributed by atoms with van der Waals surface area (Å²) in [6.07, 6.45) is 67.5. The zero-order chi connectivity index (χ0) is 41.4. The minimum absolute atomic E-state index is 0.0796. The Morgan fingerprint density at radius 1 is 0.421 bits per heavy atom. The summed E-state index contributed by atoms with van der Waals surface area (Å²) < 4.78 is 10.6. The van der Waals surface area contributed by atoms with Crippen LogP contribution in [0.4, 0.5) is 0 Å². The summed E-state index contributed by atoms with van der Waals surface area (Å²) in [5, 5.41) is 9.56. The van der Waals surface area contributed by atoms with Gasteiger partial charge in [0, 0.05) is 12.8 Å². The van der Waals surface area contributed by atoms with E-state index in [1.165, 1.54) is 51.4 Å². The van der Waals surface area contributed by atoms with Gasteiger partial charge in [-0.25, -0.2) is 0 Å². The third-order valence-corrected chi connectivity index (χ3v) is 9.28. The molecule has 0 spiro atoms. The number of aliphatic hydroxyl groups excluding tert-OH is 1. The lowest BCUT2D eigenvalue weighted by Gasteiger charge is -2.15. The van der Waals surface area contributed by atoms with E-state index >= 15 is 0 Å². The van der Waals surface area contributed by atoms with Crippen molar-refractivity contribution < 1.29 is 24.2 Å². The van der Waals surface area contributed by atoms with Gasteiger partial charge < -0.3 is 14.6 Å². The Bertz CT molecular complexity index is 1160. The van der Waals surface area contributed by atoms with Gasteiger partial charge in [0.25, 0.3) is 0 Å². The maximum Gasteiger partial charge on any atom is 0.306 e. The van der Waals surface area contributed by atoms with Crippen molar-refractivity contribution in [1.29, 1.82) is 0 Å². The molecule has 1 N–H and O–H groups in total. The number of allylic oxidation sites excluding steroid dienone is 18. The molecule has 57 heavy (non-hydrogen) atoms. The number of hydrogen-bond donors (Lipinski definition) is 1. The molecule has 0 heterocycles. The van der Waals surface area contributed by atoms with E-state index in [-0.39, 0.29) is 25.2 Å². The highest BCUT2D eigenvalue weighted by atomic mass is 16.6. The Morgan fingerprint density at radius 2 is 0.754 bits per heavy atom. The van der Waals surface area contributed by atoms with Gasteiger partial charge in [-0.15, -0.1) is 0 Å². The summed E-state index contributed by atoms with van der Waals surface area (Å²) in [6, 6.07) is 0. The first-order valence-electron chi connectivity index (χ1n) is 22.9. The lowest BCUT2D eigenvalue weighted by Crippen LogP contribution is -2.28. The highest BCUT2D eigenvalue weighted by molar-refractivity contribution is 5.70. The molecular formula is C52H84O5. The first-order chi connectivity index (χ1) is 28.1. The van der Waals surface area contributed by atoms with Gasteiger partial charge in [-0.05, 0) is 96.3 Å². The van der Waals surface area contributed by atoms with Gasteiger partial charge in [-0.1, -0.05) is 187 Å². The van der Waals surface area contributed by atoms with Crippen LogP contribution in [0, 0.1) is 0 Å². The molecule has 322 valence electrons. The van der Waals surface area contributed by atoms with E-state index in [4.69, 9.17) is 9.47 Å². The molecule has 0 bridgehead atoms. The first kappa shape index (κ1) is 53.6. The number of unbranched alkanes of at least 4 members (excludes halogenated alkanes) is 14. The van der Waals surface area contributed by atoms with Gasteiger partial charge in [0.05, 0.1) is 6.61 Å². The fourth-order valence-electron chi connectivity index (χ4n) is 5.86. The Labute approximate surface area is 350 Å². The molecule has 0 fully saturated rings. The van der Waals surface area contributed by atoms with Crippen LogP contribution in [0.15, 0.2) is 109 Å². The highest BCUT2D eigenvalue weighted by Gasteiger charge is 2.16. The first-order valence-corrected chi connectivity index (χ1v) is 22.9. The molecule has 0 rings (SSSR count).